The summed E-state index contributed by atoms with van der Waals surface area (Å²) >= 11 is 0. The first-order valence-electron chi connectivity index (χ1n) is 11.1. The third-order valence-corrected chi connectivity index (χ3v) is 7.35. The number of benzene rings is 1. The van der Waals surface area contributed by atoms with E-state index in [1.165, 1.54) is 4.90 Å². The summed E-state index contributed by atoms with van der Waals surface area (Å²) in [5.74, 6) is -5.91. The van der Waals surface area contributed by atoms with E-state index in [0.29, 0.717) is 17.7 Å². The molecule has 5 rings (SSSR count). The van der Waals surface area contributed by atoms with E-state index in [4.69, 9.17) is 5.73 Å². The van der Waals surface area contributed by atoms with E-state index >= 15 is 0 Å². The molecule has 1 amide bonds. The van der Waals surface area contributed by atoms with E-state index in [2.05, 4.69) is 9.97 Å². The number of fused-ring (bicyclic) bond motifs is 3. The number of Topliss-reactive ketones (excluding diaryl/α,β-unsaturated/α-hetero) is 2. The maximum Gasteiger partial charge on any atom is 0.255 e. The van der Waals surface area contributed by atoms with Gasteiger partial charge in [-0.25, -0.2) is 0 Å². The Bertz CT molecular complexity index is 1350. The van der Waals surface area contributed by atoms with Gasteiger partial charge >= 0.3 is 0 Å². The van der Waals surface area contributed by atoms with Gasteiger partial charge in [-0.15, -0.1) is 0 Å². The van der Waals surface area contributed by atoms with Crippen LogP contribution in [-0.2, 0) is 20.8 Å². The lowest BCUT2D eigenvalue weighted by molar-refractivity contribution is -0.153. The van der Waals surface area contributed by atoms with Gasteiger partial charge in [0.25, 0.3) is 5.91 Å². The van der Waals surface area contributed by atoms with Crippen molar-refractivity contribution in [1.82, 2.24) is 14.9 Å². The van der Waals surface area contributed by atoms with Gasteiger partial charge in [0.1, 0.15) is 17.1 Å². The second-order valence-corrected chi connectivity index (χ2v) is 9.38. The molecule has 35 heavy (non-hydrogen) atoms. The Hall–Kier alpha value is -3.89. The standard InChI is InChI=1S/C25H24N4O6/c1-29(2)19-15-9-11-8-14-12(16-10-27-6-7-28-16)4-3-5-13(14)20(30)17(11)22(32)25(15,35)23(33)18(21(19)31)24(26)34/h3-7,10-11,15,19,30,33,35H,8-9H2,1-2H3,(H2,26,34)/t11?,15?,19-,25-/m0/s1. The molecule has 1 saturated carbocycles. The Kier molecular flexibility index (Phi) is 5.11. The second kappa shape index (κ2) is 7.82. The van der Waals surface area contributed by atoms with Gasteiger partial charge in [0.05, 0.1) is 17.9 Å². The van der Waals surface area contributed by atoms with Crippen molar-refractivity contribution in [3.63, 3.8) is 0 Å². The summed E-state index contributed by atoms with van der Waals surface area (Å²) in [6.45, 7) is 0. The van der Waals surface area contributed by atoms with E-state index < -0.39 is 52.3 Å². The van der Waals surface area contributed by atoms with Gasteiger partial charge in [-0.1, -0.05) is 18.2 Å². The Morgan fingerprint density at radius 3 is 2.51 bits per heavy atom. The number of primary amides is 1. The van der Waals surface area contributed by atoms with Crippen LogP contribution in [-0.4, -0.2) is 73.4 Å². The van der Waals surface area contributed by atoms with Gasteiger partial charge in [0, 0.05) is 35.0 Å². The molecule has 1 fully saturated rings. The lowest BCUT2D eigenvalue weighted by Gasteiger charge is -2.50. The fourth-order valence-electron chi connectivity index (χ4n) is 5.85. The number of aromatic nitrogens is 2. The fourth-order valence-corrected chi connectivity index (χ4v) is 5.85. The molecule has 10 heteroatoms. The Balaban J connectivity index is 1.72. The maximum atomic E-state index is 13.8. The normalized spacial score (nSPS) is 28.1. The monoisotopic (exact) mass is 476 g/mol. The van der Waals surface area contributed by atoms with Crippen LogP contribution in [0, 0.1) is 11.8 Å². The first-order valence-corrected chi connectivity index (χ1v) is 11.1. The number of hydrogen-bond acceptors (Lipinski definition) is 9. The summed E-state index contributed by atoms with van der Waals surface area (Å²) in [6.07, 6.45) is 5.15. The number of carbonyl (C=O) groups is 3. The summed E-state index contributed by atoms with van der Waals surface area (Å²) in [4.78, 5) is 48.9. The smallest absolute Gasteiger partial charge is 0.255 e. The maximum absolute atomic E-state index is 13.8. The van der Waals surface area contributed by atoms with Crippen LogP contribution in [0.3, 0.4) is 0 Å². The molecule has 10 nitrogen and oxygen atoms in total. The Morgan fingerprint density at radius 1 is 1.17 bits per heavy atom. The number of nitrogens with two attached hydrogens (primary N) is 1. The van der Waals surface area contributed by atoms with Crippen LogP contribution in [0.4, 0.5) is 0 Å². The summed E-state index contributed by atoms with van der Waals surface area (Å²) in [5, 5.41) is 33.7. The predicted octanol–water partition coefficient (Wildman–Crippen LogP) is 0.715. The summed E-state index contributed by atoms with van der Waals surface area (Å²) < 4.78 is 0. The third-order valence-electron chi connectivity index (χ3n) is 7.35. The lowest BCUT2D eigenvalue weighted by atomic mass is 9.57. The zero-order valence-corrected chi connectivity index (χ0v) is 19.1. The van der Waals surface area contributed by atoms with Crippen molar-refractivity contribution in [3.05, 3.63) is 64.8 Å². The summed E-state index contributed by atoms with van der Waals surface area (Å²) in [7, 11) is 3.17. The molecule has 0 radical (unpaired) electrons. The SMILES string of the molecule is CN(C)[C@@H]1C(=O)C(C(N)=O)=C(O)[C@@]2(O)C(=O)C3=C(O)c4cccc(-c5cnccn5)c4CC3CC12. The van der Waals surface area contributed by atoms with Crippen molar-refractivity contribution in [3.8, 4) is 11.3 Å². The van der Waals surface area contributed by atoms with E-state index in [1.54, 1.807) is 44.8 Å². The first-order chi connectivity index (χ1) is 16.6. The van der Waals surface area contributed by atoms with E-state index in [9.17, 15) is 29.7 Å². The van der Waals surface area contributed by atoms with Gasteiger partial charge in [-0.2, -0.15) is 0 Å². The van der Waals surface area contributed by atoms with Crippen molar-refractivity contribution in [2.75, 3.05) is 14.1 Å². The van der Waals surface area contributed by atoms with Crippen molar-refractivity contribution in [1.29, 1.82) is 0 Å². The van der Waals surface area contributed by atoms with Crippen molar-refractivity contribution in [2.45, 2.75) is 24.5 Å². The van der Waals surface area contributed by atoms with Gasteiger partial charge in [0.2, 0.25) is 5.78 Å². The molecule has 2 unspecified atom stereocenters. The number of rotatable bonds is 3. The van der Waals surface area contributed by atoms with Crippen LogP contribution in [0.25, 0.3) is 17.0 Å². The number of likely N-dealkylation sites (N-methyl/N-ethyl adjacent to an activating group) is 1. The highest BCUT2D eigenvalue weighted by molar-refractivity contribution is 6.24. The number of amides is 1. The molecular formula is C25H24N4O6. The van der Waals surface area contributed by atoms with E-state index in [0.717, 1.165) is 11.1 Å². The second-order valence-electron chi connectivity index (χ2n) is 9.38. The third kappa shape index (κ3) is 3.06. The van der Waals surface area contributed by atoms with Gasteiger partial charge in [0.15, 0.2) is 11.4 Å². The highest BCUT2D eigenvalue weighted by Crippen LogP contribution is 2.52. The van der Waals surface area contributed by atoms with Crippen molar-refractivity contribution >= 4 is 23.2 Å². The molecule has 0 saturated heterocycles. The number of ketones is 2. The first kappa shape index (κ1) is 22.9. The highest BCUT2D eigenvalue weighted by Gasteiger charge is 2.64. The van der Waals surface area contributed by atoms with Gasteiger partial charge in [-0.3, -0.25) is 29.3 Å². The lowest BCUT2D eigenvalue weighted by Crippen LogP contribution is -2.65. The molecule has 1 heterocycles. The topological polar surface area (TPSA) is 167 Å². The molecule has 1 aromatic heterocycles. The van der Waals surface area contributed by atoms with Crippen LogP contribution in [0.1, 0.15) is 17.5 Å². The largest absolute Gasteiger partial charge is 0.508 e. The van der Waals surface area contributed by atoms with E-state index in [1.807, 2.05) is 6.07 Å². The van der Waals surface area contributed by atoms with Crippen molar-refractivity contribution in [2.24, 2.45) is 17.6 Å². The van der Waals surface area contributed by atoms with Gasteiger partial charge < -0.3 is 21.1 Å². The number of aliphatic hydroxyl groups is 3. The Morgan fingerprint density at radius 2 is 1.89 bits per heavy atom. The molecule has 3 aliphatic rings. The highest BCUT2D eigenvalue weighted by atomic mass is 16.3. The quantitative estimate of drug-likeness (QED) is 0.467. The average molecular weight is 476 g/mol. The molecule has 0 bridgehead atoms. The molecule has 2 aromatic rings. The van der Waals surface area contributed by atoms with E-state index in [-0.39, 0.29) is 17.8 Å². The van der Waals surface area contributed by atoms with Crippen LogP contribution in [0.2, 0.25) is 0 Å². The molecule has 0 aliphatic heterocycles. The number of aliphatic hydroxyl groups excluding tert-OH is 2. The molecule has 4 atom stereocenters. The van der Waals surface area contributed by atoms with Crippen LogP contribution >= 0.6 is 0 Å². The number of carbonyl (C=O) groups excluding carboxylic acids is 3. The predicted molar refractivity (Wildman–Crippen MR) is 124 cm³/mol. The fraction of sp³-hybridized carbons (Fsp3) is 0.320. The Labute approximate surface area is 200 Å². The van der Waals surface area contributed by atoms with Crippen LogP contribution in [0.15, 0.2) is 53.7 Å². The number of hydrogen-bond donors (Lipinski definition) is 4. The zero-order chi connectivity index (χ0) is 25.2. The number of nitrogens with zero attached hydrogens (tertiary/aromatic N) is 3. The molecule has 0 spiro atoms. The van der Waals surface area contributed by atoms with Crippen LogP contribution in [0.5, 0.6) is 0 Å². The van der Waals surface area contributed by atoms with Crippen molar-refractivity contribution < 1.29 is 29.7 Å². The minimum atomic E-state index is -2.58. The molecule has 1 aromatic carbocycles. The molecular weight excluding hydrogens is 452 g/mol. The summed E-state index contributed by atoms with van der Waals surface area (Å²) in [6, 6.07) is 4.15. The minimum absolute atomic E-state index is 0.0465. The summed E-state index contributed by atoms with van der Waals surface area (Å²) in [5.41, 5.74) is 4.44. The van der Waals surface area contributed by atoms with Crippen LogP contribution < -0.4 is 5.73 Å². The average Bonchev–Trinajstić information content (AvgIpc) is 2.81. The molecule has 5 N–H and O–H groups in total. The molecule has 3 aliphatic carbocycles. The molecule has 180 valence electrons. The zero-order valence-electron chi connectivity index (χ0n) is 19.1. The van der Waals surface area contributed by atoms with Gasteiger partial charge in [-0.05, 0) is 38.4 Å². The minimum Gasteiger partial charge on any atom is -0.508 e.